The van der Waals surface area contributed by atoms with Crippen molar-refractivity contribution in [2.24, 2.45) is 0 Å². The maximum atomic E-state index is 13.1. The summed E-state index contributed by atoms with van der Waals surface area (Å²) < 4.78 is 5.49. The summed E-state index contributed by atoms with van der Waals surface area (Å²) in [6, 6.07) is 22.3. The second-order valence-corrected chi connectivity index (χ2v) is 7.15. The largest absolute Gasteiger partial charge is 0.450 e. The molecule has 158 valence electrons. The number of nitrogens with zero attached hydrogens (tertiary/aromatic N) is 1. The lowest BCUT2D eigenvalue weighted by molar-refractivity contribution is -0.384. The predicted molar refractivity (Wildman–Crippen MR) is 118 cm³/mol. The molecule has 3 aromatic carbocycles. The highest BCUT2D eigenvalue weighted by Gasteiger charge is 2.25. The Hall–Kier alpha value is -3.80. The van der Waals surface area contributed by atoms with E-state index in [2.05, 4.69) is 0 Å². The van der Waals surface area contributed by atoms with Gasteiger partial charge in [-0.2, -0.15) is 0 Å². The van der Waals surface area contributed by atoms with Crippen LogP contribution in [0.2, 0.25) is 0 Å². The number of carbonyl (C=O) groups excluding carboxylic acids is 2. The Kier molecular flexibility index (Phi) is 7.27. The number of ether oxygens (including phenoxy) is 1. The Morgan fingerprint density at radius 3 is 2.23 bits per heavy atom. The van der Waals surface area contributed by atoms with Gasteiger partial charge in [0.05, 0.1) is 10.5 Å². The molecule has 0 aliphatic rings. The van der Waals surface area contributed by atoms with E-state index in [-0.39, 0.29) is 17.0 Å². The van der Waals surface area contributed by atoms with Crippen LogP contribution in [0.5, 0.6) is 0 Å². The first-order valence-corrected chi connectivity index (χ1v) is 10.1. The third-order valence-electron chi connectivity index (χ3n) is 4.93. The van der Waals surface area contributed by atoms with Gasteiger partial charge in [0, 0.05) is 17.7 Å². The van der Waals surface area contributed by atoms with Gasteiger partial charge in [-0.15, -0.1) is 0 Å². The number of Topliss-reactive ketones (excluding diaryl/α,β-unsaturated/α-hetero) is 1. The van der Waals surface area contributed by atoms with Gasteiger partial charge in [-0.25, -0.2) is 4.79 Å². The molecular weight excluding hydrogens is 394 g/mol. The molecule has 0 aliphatic carbocycles. The van der Waals surface area contributed by atoms with Crippen molar-refractivity contribution >= 4 is 17.4 Å². The number of hydrogen-bond donors (Lipinski definition) is 0. The van der Waals surface area contributed by atoms with Crippen molar-refractivity contribution in [3.8, 4) is 11.1 Å². The van der Waals surface area contributed by atoms with Crippen LogP contribution >= 0.6 is 0 Å². The Morgan fingerprint density at radius 2 is 1.58 bits per heavy atom. The van der Waals surface area contributed by atoms with E-state index in [9.17, 15) is 19.7 Å². The number of carbonyl (C=O) groups is 2. The third-order valence-corrected chi connectivity index (χ3v) is 4.93. The summed E-state index contributed by atoms with van der Waals surface area (Å²) in [4.78, 5) is 36.0. The van der Waals surface area contributed by atoms with E-state index in [0.29, 0.717) is 18.4 Å². The molecule has 6 nitrogen and oxygen atoms in total. The number of esters is 1. The van der Waals surface area contributed by atoms with Gasteiger partial charge in [-0.3, -0.25) is 14.9 Å². The molecule has 0 radical (unpaired) electrons. The summed E-state index contributed by atoms with van der Waals surface area (Å²) in [5.74, 6) is -1.04. The summed E-state index contributed by atoms with van der Waals surface area (Å²) in [5.41, 5.74) is 2.31. The van der Waals surface area contributed by atoms with Crippen molar-refractivity contribution in [1.82, 2.24) is 0 Å². The maximum Gasteiger partial charge on any atom is 0.339 e. The average molecular weight is 417 g/mol. The smallest absolute Gasteiger partial charge is 0.339 e. The number of rotatable bonds is 9. The highest BCUT2D eigenvalue weighted by molar-refractivity contribution is 6.02. The van der Waals surface area contributed by atoms with E-state index >= 15 is 0 Å². The second-order valence-electron chi connectivity index (χ2n) is 7.15. The topological polar surface area (TPSA) is 86.5 Å². The zero-order chi connectivity index (χ0) is 22.2. The van der Waals surface area contributed by atoms with E-state index in [1.165, 1.54) is 18.2 Å². The molecule has 0 aromatic heterocycles. The maximum absolute atomic E-state index is 13.1. The molecule has 0 bridgehead atoms. The number of non-ortho nitro benzene ring substituents is 1. The van der Waals surface area contributed by atoms with E-state index in [0.717, 1.165) is 23.6 Å². The van der Waals surface area contributed by atoms with Crippen LogP contribution in [0.15, 0.2) is 78.9 Å². The van der Waals surface area contributed by atoms with Gasteiger partial charge >= 0.3 is 5.97 Å². The van der Waals surface area contributed by atoms with E-state index in [1.807, 2.05) is 49.4 Å². The Morgan fingerprint density at radius 1 is 0.903 bits per heavy atom. The molecule has 6 heteroatoms. The van der Waals surface area contributed by atoms with Crippen LogP contribution in [0.1, 0.15) is 46.9 Å². The summed E-state index contributed by atoms with van der Waals surface area (Å²) >= 11 is 0. The van der Waals surface area contributed by atoms with Crippen LogP contribution in [0.3, 0.4) is 0 Å². The van der Waals surface area contributed by atoms with Gasteiger partial charge in [0.2, 0.25) is 5.78 Å². The van der Waals surface area contributed by atoms with E-state index in [1.54, 1.807) is 12.1 Å². The first kappa shape index (κ1) is 21.9. The van der Waals surface area contributed by atoms with Gasteiger partial charge in [-0.05, 0) is 30.0 Å². The van der Waals surface area contributed by atoms with Crippen LogP contribution < -0.4 is 0 Å². The first-order chi connectivity index (χ1) is 15.0. The summed E-state index contributed by atoms with van der Waals surface area (Å²) in [5, 5.41) is 11.0. The molecule has 0 fully saturated rings. The van der Waals surface area contributed by atoms with Gasteiger partial charge in [-0.1, -0.05) is 74.0 Å². The van der Waals surface area contributed by atoms with Crippen molar-refractivity contribution in [2.45, 2.75) is 32.3 Å². The SMILES string of the molecule is CCCC[C@H](OC(=O)c1cccc([N+](=O)[O-])c1)C(=O)c1ccc(-c2ccccc2)cc1. The minimum absolute atomic E-state index is 0.0444. The lowest BCUT2D eigenvalue weighted by Crippen LogP contribution is -2.27. The normalized spacial score (nSPS) is 11.5. The lowest BCUT2D eigenvalue weighted by Gasteiger charge is -2.17. The summed E-state index contributed by atoms with van der Waals surface area (Å²) in [6.07, 6.45) is 0.983. The van der Waals surface area contributed by atoms with Crippen LogP contribution in [0.4, 0.5) is 5.69 Å². The predicted octanol–water partition coefficient (Wildman–Crippen LogP) is 5.86. The number of benzene rings is 3. The monoisotopic (exact) mass is 417 g/mol. The second kappa shape index (κ2) is 10.3. The van der Waals surface area contributed by atoms with Gasteiger partial charge in [0.25, 0.3) is 5.69 Å². The fourth-order valence-corrected chi connectivity index (χ4v) is 3.22. The minimum Gasteiger partial charge on any atom is -0.450 e. The molecule has 0 spiro atoms. The van der Waals surface area contributed by atoms with Gasteiger partial charge in [0.1, 0.15) is 0 Å². The number of nitro groups is 1. The number of ketones is 1. The Labute approximate surface area is 180 Å². The number of nitro benzene ring substituents is 1. The van der Waals surface area contributed by atoms with Crippen LogP contribution in [0.25, 0.3) is 11.1 Å². The quantitative estimate of drug-likeness (QED) is 0.188. The van der Waals surface area contributed by atoms with Crippen LogP contribution in [-0.2, 0) is 4.74 Å². The molecule has 1 atom stereocenters. The van der Waals surface area contributed by atoms with E-state index in [4.69, 9.17) is 4.74 Å². The van der Waals surface area contributed by atoms with Crippen LogP contribution in [-0.4, -0.2) is 22.8 Å². The zero-order valence-corrected chi connectivity index (χ0v) is 17.2. The Balaban J connectivity index is 1.78. The molecule has 3 aromatic rings. The molecule has 0 unspecified atom stereocenters. The van der Waals surface area contributed by atoms with Gasteiger partial charge in [0.15, 0.2) is 6.10 Å². The molecule has 0 amide bonds. The van der Waals surface area contributed by atoms with Crippen molar-refractivity contribution in [2.75, 3.05) is 0 Å². The molecule has 0 N–H and O–H groups in total. The van der Waals surface area contributed by atoms with Crippen molar-refractivity contribution in [3.05, 3.63) is 100 Å². The molecule has 0 saturated carbocycles. The lowest BCUT2D eigenvalue weighted by atomic mass is 9.98. The molecule has 0 saturated heterocycles. The number of hydrogen-bond acceptors (Lipinski definition) is 5. The third kappa shape index (κ3) is 5.63. The summed E-state index contributed by atoms with van der Waals surface area (Å²) in [7, 11) is 0. The highest BCUT2D eigenvalue weighted by Crippen LogP contribution is 2.22. The molecule has 3 rings (SSSR count). The first-order valence-electron chi connectivity index (χ1n) is 10.1. The zero-order valence-electron chi connectivity index (χ0n) is 17.2. The molecular formula is C25H23NO5. The highest BCUT2D eigenvalue weighted by atomic mass is 16.6. The number of unbranched alkanes of at least 4 members (excludes halogenated alkanes) is 1. The van der Waals surface area contributed by atoms with Crippen molar-refractivity contribution in [3.63, 3.8) is 0 Å². The Bertz CT molecular complexity index is 1060. The standard InChI is InChI=1S/C25H23NO5/c1-2-3-12-23(31-25(28)21-10-7-11-22(17-21)26(29)30)24(27)20-15-13-19(14-16-20)18-8-5-4-6-9-18/h4-11,13-17,23H,2-3,12H2,1H3/t23-/m0/s1. The van der Waals surface area contributed by atoms with Crippen LogP contribution in [0, 0.1) is 10.1 Å². The molecule has 31 heavy (non-hydrogen) atoms. The average Bonchev–Trinajstić information content (AvgIpc) is 2.82. The van der Waals surface area contributed by atoms with E-state index < -0.39 is 17.0 Å². The minimum atomic E-state index is -0.950. The van der Waals surface area contributed by atoms with Gasteiger partial charge < -0.3 is 4.74 Å². The van der Waals surface area contributed by atoms with Crippen molar-refractivity contribution < 1.29 is 19.2 Å². The molecule has 0 aliphatic heterocycles. The molecule has 0 heterocycles. The fourth-order valence-electron chi connectivity index (χ4n) is 3.22. The van der Waals surface area contributed by atoms with Crippen molar-refractivity contribution in [1.29, 1.82) is 0 Å². The summed E-state index contributed by atoms with van der Waals surface area (Å²) in [6.45, 7) is 1.98. The fraction of sp³-hybridized carbons (Fsp3) is 0.200.